The summed E-state index contributed by atoms with van der Waals surface area (Å²) in [7, 11) is 0. The van der Waals surface area contributed by atoms with Gasteiger partial charge in [0.25, 0.3) is 0 Å². The van der Waals surface area contributed by atoms with E-state index in [-0.39, 0.29) is 25.0 Å². The van der Waals surface area contributed by atoms with Gasteiger partial charge in [0.05, 0.1) is 6.10 Å². The molecule has 0 amide bonds. The highest BCUT2D eigenvalue weighted by Gasteiger charge is 2.77. The van der Waals surface area contributed by atoms with Gasteiger partial charge in [-0.2, -0.15) is 0 Å². The number of rotatable bonds is 4. The van der Waals surface area contributed by atoms with Gasteiger partial charge in [-0.15, -0.1) is 0 Å². The zero-order valence-electron chi connectivity index (χ0n) is 19.8. The van der Waals surface area contributed by atoms with Crippen molar-refractivity contribution in [1.29, 1.82) is 0 Å². The van der Waals surface area contributed by atoms with Gasteiger partial charge in [0.15, 0.2) is 23.7 Å². The number of aliphatic hydroxyl groups is 2. The molecular formula is C25H31FO8. The molecule has 4 aliphatic rings. The first-order chi connectivity index (χ1) is 15.7. The Bertz CT molecular complexity index is 1020. The fourth-order valence-corrected chi connectivity index (χ4v) is 7.31. The molecule has 0 aromatic carbocycles. The van der Waals surface area contributed by atoms with Gasteiger partial charge < -0.3 is 19.7 Å². The quantitative estimate of drug-likeness (QED) is 0.586. The predicted molar refractivity (Wildman–Crippen MR) is 116 cm³/mol. The number of aliphatic hydroxyl groups excluding tert-OH is 1. The average molecular weight is 479 g/mol. The van der Waals surface area contributed by atoms with E-state index in [0.717, 1.165) is 13.8 Å². The van der Waals surface area contributed by atoms with Crippen LogP contribution in [0.3, 0.4) is 0 Å². The summed E-state index contributed by atoms with van der Waals surface area (Å²) >= 11 is 0. The lowest BCUT2D eigenvalue weighted by atomic mass is 9.44. The number of ketones is 2. The van der Waals surface area contributed by atoms with E-state index >= 15 is 4.39 Å². The molecule has 0 bridgehead atoms. The van der Waals surface area contributed by atoms with Crippen LogP contribution in [0.5, 0.6) is 0 Å². The Morgan fingerprint density at radius 1 is 1.18 bits per heavy atom. The normalized spacial score (nSPS) is 44.9. The highest BCUT2D eigenvalue weighted by atomic mass is 19.1. The maximum atomic E-state index is 17.2. The summed E-state index contributed by atoms with van der Waals surface area (Å²) in [4.78, 5) is 48.4. The van der Waals surface area contributed by atoms with Crippen LogP contribution in [0.1, 0.15) is 53.4 Å². The van der Waals surface area contributed by atoms with Crippen molar-refractivity contribution >= 4 is 23.5 Å². The van der Waals surface area contributed by atoms with E-state index in [1.165, 1.54) is 18.2 Å². The van der Waals surface area contributed by atoms with E-state index < -0.39 is 70.5 Å². The van der Waals surface area contributed by atoms with Crippen molar-refractivity contribution in [3.63, 3.8) is 0 Å². The zero-order chi connectivity index (χ0) is 25.3. The van der Waals surface area contributed by atoms with E-state index in [1.807, 2.05) is 0 Å². The SMILES string of the molecule is CC(=O)OCC(=O)[C@@]1(O)[C@H](OC(C)=O)C[C@H]2[C@@H]3CCC4=CC(=O)C=C[C@]4(C)[C@@]3(F)[C@H](O)C[C@@]21C. The molecule has 0 aliphatic heterocycles. The van der Waals surface area contributed by atoms with Crippen LogP contribution < -0.4 is 0 Å². The molecule has 9 heteroatoms. The Hall–Kier alpha value is -2.39. The van der Waals surface area contributed by atoms with Gasteiger partial charge in [-0.05, 0) is 50.7 Å². The molecule has 0 radical (unpaired) electrons. The summed E-state index contributed by atoms with van der Waals surface area (Å²) in [5.41, 5.74) is -6.42. The van der Waals surface area contributed by atoms with Gasteiger partial charge in [-0.1, -0.05) is 18.6 Å². The molecule has 0 saturated heterocycles. The van der Waals surface area contributed by atoms with E-state index in [4.69, 9.17) is 9.47 Å². The molecule has 0 aromatic heterocycles. The maximum absolute atomic E-state index is 17.2. The Labute approximate surface area is 197 Å². The number of halogens is 1. The van der Waals surface area contributed by atoms with Crippen molar-refractivity contribution in [3.8, 4) is 0 Å². The number of fused-ring (bicyclic) bond motifs is 5. The average Bonchev–Trinajstić information content (AvgIpc) is 2.95. The summed E-state index contributed by atoms with van der Waals surface area (Å²) in [6, 6.07) is 0. The number of carbonyl (C=O) groups excluding carboxylic acids is 4. The van der Waals surface area contributed by atoms with Crippen LogP contribution in [-0.4, -0.2) is 63.8 Å². The Morgan fingerprint density at radius 3 is 2.47 bits per heavy atom. The van der Waals surface area contributed by atoms with Crippen LogP contribution in [0.4, 0.5) is 4.39 Å². The van der Waals surface area contributed by atoms with E-state index in [0.29, 0.717) is 12.0 Å². The van der Waals surface area contributed by atoms with Crippen LogP contribution in [0.15, 0.2) is 23.8 Å². The lowest BCUT2D eigenvalue weighted by Gasteiger charge is -2.62. The van der Waals surface area contributed by atoms with Gasteiger partial charge in [0.2, 0.25) is 5.78 Å². The number of Topliss-reactive ketones (excluding diaryl/α,β-unsaturated/α-hetero) is 1. The van der Waals surface area contributed by atoms with Crippen molar-refractivity contribution in [2.24, 2.45) is 22.7 Å². The summed E-state index contributed by atoms with van der Waals surface area (Å²) in [5, 5.41) is 23.1. The molecule has 8 atom stereocenters. The van der Waals surface area contributed by atoms with E-state index in [1.54, 1.807) is 13.8 Å². The fraction of sp³-hybridized carbons (Fsp3) is 0.680. The minimum Gasteiger partial charge on any atom is -0.459 e. The maximum Gasteiger partial charge on any atom is 0.303 e. The van der Waals surface area contributed by atoms with Crippen LogP contribution in [0.2, 0.25) is 0 Å². The molecule has 2 N–H and O–H groups in total. The number of esters is 2. The molecule has 186 valence electrons. The largest absolute Gasteiger partial charge is 0.459 e. The third kappa shape index (κ3) is 3.09. The molecule has 0 aromatic rings. The molecular weight excluding hydrogens is 447 g/mol. The highest BCUT2D eigenvalue weighted by Crippen LogP contribution is 2.70. The molecule has 4 rings (SSSR count). The summed E-state index contributed by atoms with van der Waals surface area (Å²) < 4.78 is 27.4. The number of alkyl halides is 1. The first-order valence-corrected chi connectivity index (χ1v) is 11.6. The van der Waals surface area contributed by atoms with Crippen molar-refractivity contribution < 1.29 is 43.3 Å². The number of hydrogen-bond acceptors (Lipinski definition) is 8. The van der Waals surface area contributed by atoms with Gasteiger partial charge in [0, 0.05) is 30.6 Å². The minimum atomic E-state index is -2.28. The Morgan fingerprint density at radius 2 is 1.85 bits per heavy atom. The Kier molecular flexibility index (Phi) is 5.68. The highest BCUT2D eigenvalue weighted by molar-refractivity contribution is 6.01. The second-order valence-electron chi connectivity index (χ2n) is 10.6. The first-order valence-electron chi connectivity index (χ1n) is 11.6. The predicted octanol–water partition coefficient (Wildman–Crippen LogP) is 1.76. The summed E-state index contributed by atoms with van der Waals surface area (Å²) in [5.74, 6) is -3.93. The molecule has 3 saturated carbocycles. The van der Waals surface area contributed by atoms with Crippen LogP contribution in [0, 0.1) is 22.7 Å². The molecule has 0 heterocycles. The van der Waals surface area contributed by atoms with Crippen molar-refractivity contribution in [2.45, 2.75) is 76.9 Å². The fourth-order valence-electron chi connectivity index (χ4n) is 7.31. The van der Waals surface area contributed by atoms with Crippen molar-refractivity contribution in [1.82, 2.24) is 0 Å². The van der Waals surface area contributed by atoms with Crippen molar-refractivity contribution in [2.75, 3.05) is 6.61 Å². The number of carbonyl (C=O) groups is 4. The number of hydrogen-bond donors (Lipinski definition) is 2. The lowest BCUT2D eigenvalue weighted by Crippen LogP contribution is -2.70. The standard InChI is InChI=1S/C25H31FO8/c1-13(27)33-12-20(31)25(32)21(34-14(2)28)10-18-17-6-5-15-9-16(29)7-8-22(15,3)24(17,26)19(30)11-23(18,25)4/h7-9,17-19,21,30,32H,5-6,10-12H2,1-4H3/t17-,18-,19+,21+,22-,23-,24-,25+/m0/s1. The smallest absolute Gasteiger partial charge is 0.303 e. The monoisotopic (exact) mass is 478 g/mol. The second kappa shape index (κ2) is 7.81. The van der Waals surface area contributed by atoms with E-state index in [9.17, 15) is 29.4 Å². The zero-order valence-corrected chi connectivity index (χ0v) is 19.8. The Balaban J connectivity index is 1.80. The summed E-state index contributed by atoms with van der Waals surface area (Å²) in [6.45, 7) is 4.80. The molecule has 0 unspecified atom stereocenters. The van der Waals surface area contributed by atoms with Crippen LogP contribution in [0.25, 0.3) is 0 Å². The molecule has 34 heavy (non-hydrogen) atoms. The van der Waals surface area contributed by atoms with E-state index in [2.05, 4.69) is 0 Å². The summed E-state index contributed by atoms with van der Waals surface area (Å²) in [6.07, 6.45) is 1.82. The number of ether oxygens (including phenoxy) is 2. The second-order valence-corrected chi connectivity index (χ2v) is 10.6. The lowest BCUT2D eigenvalue weighted by molar-refractivity contribution is -0.224. The van der Waals surface area contributed by atoms with Gasteiger partial charge in [-0.25, -0.2) is 4.39 Å². The third-order valence-electron chi connectivity index (χ3n) is 8.98. The van der Waals surface area contributed by atoms with Gasteiger partial charge >= 0.3 is 11.9 Å². The van der Waals surface area contributed by atoms with Crippen molar-refractivity contribution in [3.05, 3.63) is 23.8 Å². The first kappa shape index (κ1) is 24.7. The molecule has 4 aliphatic carbocycles. The molecule has 3 fully saturated rings. The van der Waals surface area contributed by atoms with Gasteiger partial charge in [-0.3, -0.25) is 19.2 Å². The van der Waals surface area contributed by atoms with Crippen LogP contribution >= 0.6 is 0 Å². The molecule has 0 spiro atoms. The topological polar surface area (TPSA) is 127 Å². The minimum absolute atomic E-state index is 0.0131. The van der Waals surface area contributed by atoms with Gasteiger partial charge in [0.1, 0.15) is 6.10 Å². The third-order valence-corrected chi connectivity index (χ3v) is 8.98. The number of allylic oxidation sites excluding steroid dienone is 4. The molecule has 8 nitrogen and oxygen atoms in total. The van der Waals surface area contributed by atoms with Crippen LogP contribution in [-0.2, 0) is 28.7 Å².